The molecule has 0 unspecified atom stereocenters. The highest BCUT2D eigenvalue weighted by Crippen LogP contribution is 2.41. The maximum absolute atomic E-state index is 13.1. The predicted molar refractivity (Wildman–Crippen MR) is 129 cm³/mol. The molecule has 0 saturated heterocycles. The van der Waals surface area contributed by atoms with Crippen molar-refractivity contribution < 1.29 is 5.11 Å². The van der Waals surface area contributed by atoms with Crippen LogP contribution in [0.5, 0.6) is 5.88 Å². The van der Waals surface area contributed by atoms with Gasteiger partial charge in [0.25, 0.3) is 11.2 Å². The van der Waals surface area contributed by atoms with Gasteiger partial charge >= 0.3 is 0 Å². The number of hydrogen-bond acceptors (Lipinski definition) is 6. The molecule has 0 bridgehead atoms. The van der Waals surface area contributed by atoms with E-state index in [0.717, 1.165) is 11.0 Å². The molecule has 0 atom stereocenters. The second kappa shape index (κ2) is 9.67. The van der Waals surface area contributed by atoms with Crippen molar-refractivity contribution in [2.24, 2.45) is 10.2 Å². The molecule has 3 heterocycles. The summed E-state index contributed by atoms with van der Waals surface area (Å²) in [6.07, 6.45) is 3.05. The number of aromatic nitrogens is 4. The lowest BCUT2D eigenvalue weighted by Gasteiger charge is -2.15. The first kappa shape index (κ1) is 24.3. The van der Waals surface area contributed by atoms with Gasteiger partial charge in [0.2, 0.25) is 5.69 Å². The molecule has 3 rings (SSSR count). The van der Waals surface area contributed by atoms with Gasteiger partial charge in [-0.15, -0.1) is 10.2 Å². The number of nitrogens with zero attached hydrogens (tertiary/aromatic N) is 8. The normalized spacial score (nSPS) is 11.5. The van der Waals surface area contributed by atoms with Crippen molar-refractivity contribution in [3.05, 3.63) is 68.8 Å². The molecule has 1 N–H and O–H groups in total. The van der Waals surface area contributed by atoms with Gasteiger partial charge in [-0.25, -0.2) is 19.4 Å². The summed E-state index contributed by atoms with van der Waals surface area (Å²) >= 11 is 0. The van der Waals surface area contributed by atoms with E-state index in [0.29, 0.717) is 17.9 Å². The molecular formula is C24H26N8O2. The second-order valence-corrected chi connectivity index (χ2v) is 8.75. The summed E-state index contributed by atoms with van der Waals surface area (Å²) in [5, 5.41) is 23.5. The summed E-state index contributed by atoms with van der Waals surface area (Å²) in [7, 11) is 0. The van der Waals surface area contributed by atoms with Crippen LogP contribution in [-0.2, 0) is 12.0 Å². The summed E-state index contributed by atoms with van der Waals surface area (Å²) in [5.74, 6) is 0.205. The Morgan fingerprint density at radius 1 is 1.15 bits per heavy atom. The van der Waals surface area contributed by atoms with Crippen molar-refractivity contribution in [3.63, 3.8) is 0 Å². The van der Waals surface area contributed by atoms with Crippen LogP contribution >= 0.6 is 0 Å². The zero-order valence-corrected chi connectivity index (χ0v) is 19.9. The number of unbranched alkanes of at least 4 members (excludes halogenated alkanes) is 1. The van der Waals surface area contributed by atoms with E-state index in [4.69, 9.17) is 13.1 Å². The zero-order chi connectivity index (χ0) is 25.0. The van der Waals surface area contributed by atoms with E-state index in [1.54, 1.807) is 31.3 Å². The standard InChI is InChI=1S/C24H26N8O2/c1-8-9-14-31-22(33)17(25-6)15(2)18(23(31)34)28-29-21-19(26-7)20(24(3,4)5)30-32(21)16-12-10-11-13-27-16/h10-13,33H,8-9,14H2,1-5H3. The van der Waals surface area contributed by atoms with Crippen LogP contribution in [0.2, 0.25) is 0 Å². The van der Waals surface area contributed by atoms with Crippen LogP contribution in [0.1, 0.15) is 51.8 Å². The quantitative estimate of drug-likeness (QED) is 0.358. The maximum atomic E-state index is 13.1. The molecule has 0 spiro atoms. The average molecular weight is 459 g/mol. The van der Waals surface area contributed by atoms with E-state index in [-0.39, 0.29) is 40.9 Å². The Kier molecular flexibility index (Phi) is 6.92. The third kappa shape index (κ3) is 4.44. The number of pyridine rings is 2. The van der Waals surface area contributed by atoms with E-state index >= 15 is 0 Å². The molecule has 0 aliphatic heterocycles. The first-order valence-corrected chi connectivity index (χ1v) is 10.8. The SMILES string of the molecule is [C-]#[N+]c1c(C(C)(C)C)nn(-c2ccccn2)c1N=Nc1c(C)c([N+]#[C-])c(O)n(CCCC)c1=O. The van der Waals surface area contributed by atoms with E-state index in [1.807, 2.05) is 27.7 Å². The van der Waals surface area contributed by atoms with E-state index in [1.165, 1.54) is 4.68 Å². The van der Waals surface area contributed by atoms with Crippen molar-refractivity contribution >= 4 is 22.9 Å². The molecule has 0 radical (unpaired) electrons. The van der Waals surface area contributed by atoms with Crippen LogP contribution in [0.15, 0.2) is 39.4 Å². The lowest BCUT2D eigenvalue weighted by Crippen LogP contribution is -2.20. The lowest BCUT2D eigenvalue weighted by molar-refractivity contribution is 0.405. The highest BCUT2D eigenvalue weighted by molar-refractivity contribution is 5.70. The minimum absolute atomic E-state index is 0.0522. The molecule has 10 nitrogen and oxygen atoms in total. The number of aromatic hydroxyl groups is 1. The molecule has 0 aliphatic carbocycles. The predicted octanol–water partition coefficient (Wildman–Crippen LogP) is 6.06. The largest absolute Gasteiger partial charge is 0.503 e. The smallest absolute Gasteiger partial charge is 0.279 e. The zero-order valence-electron chi connectivity index (χ0n) is 19.9. The van der Waals surface area contributed by atoms with Crippen LogP contribution in [-0.4, -0.2) is 24.4 Å². The van der Waals surface area contributed by atoms with E-state index in [2.05, 4.69) is 30.0 Å². The molecule has 10 heteroatoms. The summed E-state index contributed by atoms with van der Waals surface area (Å²) in [6, 6.07) is 5.28. The molecule has 0 aliphatic rings. The van der Waals surface area contributed by atoms with E-state index < -0.39 is 11.0 Å². The molecule has 3 aromatic rings. The Labute approximate surface area is 197 Å². The maximum Gasteiger partial charge on any atom is 0.279 e. The van der Waals surface area contributed by atoms with Gasteiger partial charge in [0.05, 0.1) is 18.8 Å². The second-order valence-electron chi connectivity index (χ2n) is 8.75. The molecule has 0 aromatic carbocycles. The fraction of sp³-hybridized carbons (Fsp3) is 0.375. The summed E-state index contributed by atoms with van der Waals surface area (Å²) < 4.78 is 2.57. The van der Waals surface area contributed by atoms with Crippen molar-refractivity contribution in [2.45, 2.75) is 59.4 Å². The minimum Gasteiger partial charge on any atom is -0.503 e. The van der Waals surface area contributed by atoms with Gasteiger partial charge in [-0.1, -0.05) is 40.2 Å². The van der Waals surface area contributed by atoms with Gasteiger partial charge in [0, 0.05) is 12.7 Å². The lowest BCUT2D eigenvalue weighted by atomic mass is 9.91. The molecule has 0 fully saturated rings. The first-order valence-electron chi connectivity index (χ1n) is 10.8. The van der Waals surface area contributed by atoms with Crippen LogP contribution < -0.4 is 5.56 Å². The molecule has 0 amide bonds. The van der Waals surface area contributed by atoms with Gasteiger partial charge in [-0.2, -0.15) is 5.10 Å². The molecule has 34 heavy (non-hydrogen) atoms. The molecule has 0 saturated carbocycles. The summed E-state index contributed by atoms with van der Waals surface area (Å²) in [5.41, 5.74) is -0.183. The van der Waals surface area contributed by atoms with Crippen LogP contribution in [0.25, 0.3) is 15.5 Å². The summed E-state index contributed by atoms with van der Waals surface area (Å²) in [6.45, 7) is 24.8. The Morgan fingerprint density at radius 3 is 2.41 bits per heavy atom. The fourth-order valence-electron chi connectivity index (χ4n) is 3.40. The van der Waals surface area contributed by atoms with Crippen molar-refractivity contribution in [3.8, 4) is 11.7 Å². The fourth-order valence-corrected chi connectivity index (χ4v) is 3.40. The Balaban J connectivity index is 2.28. The number of azo groups is 1. The third-order valence-corrected chi connectivity index (χ3v) is 5.24. The highest BCUT2D eigenvalue weighted by Gasteiger charge is 2.28. The Hall–Kier alpha value is -4.31. The molecule has 174 valence electrons. The van der Waals surface area contributed by atoms with Gasteiger partial charge in [0.1, 0.15) is 5.69 Å². The number of rotatable bonds is 6. The Bertz CT molecular complexity index is 1380. The monoisotopic (exact) mass is 458 g/mol. The highest BCUT2D eigenvalue weighted by atomic mass is 16.3. The van der Waals surface area contributed by atoms with E-state index in [9.17, 15) is 9.90 Å². The van der Waals surface area contributed by atoms with Gasteiger partial charge in [-0.3, -0.25) is 9.36 Å². The average Bonchev–Trinajstić information content (AvgIpc) is 3.19. The third-order valence-electron chi connectivity index (χ3n) is 5.24. The first-order chi connectivity index (χ1) is 16.1. The van der Waals surface area contributed by atoms with Crippen molar-refractivity contribution in [1.29, 1.82) is 0 Å². The van der Waals surface area contributed by atoms with Crippen molar-refractivity contribution in [1.82, 2.24) is 19.3 Å². The topological polar surface area (TPSA) is 106 Å². The Morgan fingerprint density at radius 2 is 1.85 bits per heavy atom. The van der Waals surface area contributed by atoms with Gasteiger partial charge in [0.15, 0.2) is 17.5 Å². The summed E-state index contributed by atoms with van der Waals surface area (Å²) in [4.78, 5) is 24.5. The minimum atomic E-state index is -0.552. The van der Waals surface area contributed by atoms with Crippen LogP contribution in [0.4, 0.5) is 22.9 Å². The number of hydrogen-bond donors (Lipinski definition) is 1. The van der Waals surface area contributed by atoms with Crippen LogP contribution in [0.3, 0.4) is 0 Å². The van der Waals surface area contributed by atoms with Gasteiger partial charge < -0.3 is 5.11 Å². The molecule has 3 aromatic heterocycles. The van der Waals surface area contributed by atoms with Crippen LogP contribution in [0, 0.1) is 20.1 Å². The van der Waals surface area contributed by atoms with Crippen molar-refractivity contribution in [2.75, 3.05) is 0 Å². The van der Waals surface area contributed by atoms with Gasteiger partial charge in [-0.05, 0) is 36.5 Å². The molecular weight excluding hydrogens is 432 g/mol.